The molecule has 9 heteroatoms. The van der Waals surface area contributed by atoms with Gasteiger partial charge in [-0.3, -0.25) is 0 Å². The van der Waals surface area contributed by atoms with Gasteiger partial charge in [-0.25, -0.2) is 9.52 Å². The van der Waals surface area contributed by atoms with Gasteiger partial charge in [-0.15, -0.1) is 0 Å². The summed E-state index contributed by atoms with van der Waals surface area (Å²) < 4.78 is 30.1. The van der Waals surface area contributed by atoms with Crippen molar-refractivity contribution in [3.63, 3.8) is 0 Å². The molecule has 0 fully saturated rings. The van der Waals surface area contributed by atoms with Crippen molar-refractivity contribution < 1.29 is 17.9 Å². The third kappa shape index (κ3) is 6.20. The Labute approximate surface area is 93.5 Å². The predicted molar refractivity (Wildman–Crippen MR) is 58.4 cm³/mol. The van der Waals surface area contributed by atoms with Crippen LogP contribution in [0.2, 0.25) is 0 Å². The summed E-state index contributed by atoms with van der Waals surface area (Å²) in [5.74, 6) is -0.297. The summed E-state index contributed by atoms with van der Waals surface area (Å²) >= 11 is 4.65. The average molecular weight is 255 g/mol. The number of ether oxygens (including phenoxy) is 1. The second kappa shape index (κ2) is 5.83. The molecule has 0 rings (SSSR count). The van der Waals surface area contributed by atoms with E-state index in [1.165, 1.54) is 0 Å². The highest BCUT2D eigenvalue weighted by Crippen LogP contribution is 1.93. The summed E-state index contributed by atoms with van der Waals surface area (Å²) in [6.45, 7) is 1.67. The Bertz CT molecular complexity index is 340. The molecule has 0 aromatic heterocycles. The standard InChI is InChI=1S/C6H13N3O4S2/c1-4(5(7)14)3-8-15(11,12)9-6(10)13-2/h4,8H,3H2,1-2H3,(H2,7,14)(H,9,10). The summed E-state index contributed by atoms with van der Waals surface area (Å²) in [7, 11) is -2.85. The van der Waals surface area contributed by atoms with Crippen molar-refractivity contribution in [3.8, 4) is 0 Å². The summed E-state index contributed by atoms with van der Waals surface area (Å²) in [5, 5.41) is 0. The van der Waals surface area contributed by atoms with Crippen molar-refractivity contribution >= 4 is 33.5 Å². The zero-order chi connectivity index (χ0) is 12.1. The molecule has 4 N–H and O–H groups in total. The number of methoxy groups -OCH3 is 1. The van der Waals surface area contributed by atoms with Crippen LogP contribution < -0.4 is 15.2 Å². The first kappa shape index (κ1) is 14.1. The molecule has 0 aliphatic carbocycles. The number of hydrogen-bond donors (Lipinski definition) is 3. The quantitative estimate of drug-likeness (QED) is 0.549. The minimum Gasteiger partial charge on any atom is -0.452 e. The summed E-state index contributed by atoms with van der Waals surface area (Å²) in [6, 6.07) is 0. The molecule has 1 amide bonds. The van der Waals surface area contributed by atoms with E-state index in [1.54, 1.807) is 11.6 Å². The maximum absolute atomic E-state index is 11.1. The van der Waals surface area contributed by atoms with Gasteiger partial charge in [0.15, 0.2) is 0 Å². The first-order valence-electron chi connectivity index (χ1n) is 3.93. The Morgan fingerprint density at radius 3 is 2.53 bits per heavy atom. The third-order valence-electron chi connectivity index (χ3n) is 1.47. The molecule has 0 aliphatic rings. The molecule has 0 radical (unpaired) electrons. The van der Waals surface area contributed by atoms with Crippen LogP contribution in [0.1, 0.15) is 6.92 Å². The average Bonchev–Trinajstić information content (AvgIpc) is 2.13. The van der Waals surface area contributed by atoms with Crippen LogP contribution in [0.15, 0.2) is 0 Å². The van der Waals surface area contributed by atoms with Crippen molar-refractivity contribution in [3.05, 3.63) is 0 Å². The van der Waals surface area contributed by atoms with Crippen molar-refractivity contribution in [1.82, 2.24) is 9.44 Å². The molecule has 1 unspecified atom stereocenters. The first-order valence-corrected chi connectivity index (χ1v) is 5.82. The Hall–Kier alpha value is -0.930. The van der Waals surface area contributed by atoms with Crippen molar-refractivity contribution in [2.45, 2.75) is 6.92 Å². The Morgan fingerprint density at radius 2 is 2.13 bits per heavy atom. The molecular weight excluding hydrogens is 242 g/mol. The van der Waals surface area contributed by atoms with Gasteiger partial charge in [0.25, 0.3) is 0 Å². The van der Waals surface area contributed by atoms with Crippen LogP contribution >= 0.6 is 12.2 Å². The highest BCUT2D eigenvalue weighted by Gasteiger charge is 2.15. The molecule has 0 aromatic rings. The molecule has 88 valence electrons. The minimum absolute atomic E-state index is 0.0155. The maximum Gasteiger partial charge on any atom is 0.421 e. The van der Waals surface area contributed by atoms with Gasteiger partial charge in [0.2, 0.25) is 0 Å². The number of carbonyl (C=O) groups excluding carboxylic acids is 1. The summed E-state index contributed by atoms with van der Waals surface area (Å²) in [5.41, 5.74) is 5.28. The molecule has 0 bridgehead atoms. The van der Waals surface area contributed by atoms with E-state index in [2.05, 4.69) is 21.7 Å². The molecule has 0 heterocycles. The second-order valence-corrected chi connectivity index (χ2v) is 4.72. The van der Waals surface area contributed by atoms with Crippen LogP contribution in [0.5, 0.6) is 0 Å². The first-order chi connectivity index (χ1) is 6.78. The Balaban J connectivity index is 4.17. The van der Waals surface area contributed by atoms with E-state index in [-0.39, 0.29) is 17.5 Å². The van der Waals surface area contributed by atoms with Crippen LogP contribution in [0.4, 0.5) is 4.79 Å². The molecule has 0 spiro atoms. The smallest absolute Gasteiger partial charge is 0.421 e. The van der Waals surface area contributed by atoms with Gasteiger partial charge in [0.1, 0.15) is 0 Å². The van der Waals surface area contributed by atoms with Crippen LogP contribution in [-0.2, 0) is 14.9 Å². The van der Waals surface area contributed by atoms with E-state index in [0.29, 0.717) is 0 Å². The van der Waals surface area contributed by atoms with Gasteiger partial charge in [0, 0.05) is 12.5 Å². The normalized spacial score (nSPS) is 12.9. The minimum atomic E-state index is -3.91. The highest BCUT2D eigenvalue weighted by molar-refractivity contribution is 7.88. The topological polar surface area (TPSA) is 111 Å². The van der Waals surface area contributed by atoms with Gasteiger partial charge in [-0.05, 0) is 0 Å². The predicted octanol–water partition coefficient (Wildman–Crippen LogP) is -0.901. The van der Waals surface area contributed by atoms with E-state index in [9.17, 15) is 13.2 Å². The van der Waals surface area contributed by atoms with Crippen molar-refractivity contribution in [1.29, 1.82) is 0 Å². The summed E-state index contributed by atoms with van der Waals surface area (Å²) in [4.78, 5) is 10.8. The van der Waals surface area contributed by atoms with E-state index < -0.39 is 16.3 Å². The monoisotopic (exact) mass is 255 g/mol. The molecular formula is C6H13N3O4S2. The number of carbonyl (C=O) groups is 1. The zero-order valence-corrected chi connectivity index (χ0v) is 9.94. The molecule has 0 saturated carbocycles. The van der Waals surface area contributed by atoms with Crippen molar-refractivity contribution in [2.75, 3.05) is 13.7 Å². The van der Waals surface area contributed by atoms with Crippen LogP contribution in [0, 0.1) is 5.92 Å². The second-order valence-electron chi connectivity index (χ2n) is 2.75. The van der Waals surface area contributed by atoms with Gasteiger partial charge in [-0.2, -0.15) is 13.1 Å². The molecule has 1 atom stereocenters. The molecule has 0 saturated heterocycles. The lowest BCUT2D eigenvalue weighted by Gasteiger charge is -2.11. The number of nitrogens with one attached hydrogen (secondary N) is 2. The van der Waals surface area contributed by atoms with E-state index in [1.807, 2.05) is 0 Å². The zero-order valence-electron chi connectivity index (χ0n) is 8.31. The molecule has 7 nitrogen and oxygen atoms in total. The maximum atomic E-state index is 11.1. The van der Waals surface area contributed by atoms with E-state index >= 15 is 0 Å². The van der Waals surface area contributed by atoms with Crippen LogP contribution in [-0.4, -0.2) is 33.2 Å². The van der Waals surface area contributed by atoms with Gasteiger partial charge in [0.05, 0.1) is 12.1 Å². The molecule has 15 heavy (non-hydrogen) atoms. The van der Waals surface area contributed by atoms with Gasteiger partial charge >= 0.3 is 16.3 Å². The number of rotatable bonds is 5. The van der Waals surface area contributed by atoms with E-state index in [0.717, 1.165) is 7.11 Å². The highest BCUT2D eigenvalue weighted by atomic mass is 32.2. The Kier molecular flexibility index (Phi) is 5.47. The van der Waals surface area contributed by atoms with Crippen molar-refractivity contribution in [2.24, 2.45) is 11.7 Å². The van der Waals surface area contributed by atoms with Gasteiger partial charge in [-0.1, -0.05) is 19.1 Å². The lowest BCUT2D eigenvalue weighted by molar-refractivity contribution is 0.177. The lowest BCUT2D eigenvalue weighted by Crippen LogP contribution is -2.43. The molecule has 0 aromatic carbocycles. The fourth-order valence-corrected chi connectivity index (χ4v) is 1.45. The Morgan fingerprint density at radius 1 is 1.60 bits per heavy atom. The fraction of sp³-hybridized carbons (Fsp3) is 0.667. The van der Waals surface area contributed by atoms with Crippen LogP contribution in [0.3, 0.4) is 0 Å². The number of hydrogen-bond acceptors (Lipinski definition) is 5. The largest absolute Gasteiger partial charge is 0.452 e. The van der Waals surface area contributed by atoms with Crippen LogP contribution in [0.25, 0.3) is 0 Å². The lowest BCUT2D eigenvalue weighted by atomic mass is 10.2. The summed E-state index contributed by atoms with van der Waals surface area (Å²) in [6.07, 6.45) is -1.06. The van der Waals surface area contributed by atoms with E-state index in [4.69, 9.17) is 5.73 Å². The van der Waals surface area contributed by atoms with Gasteiger partial charge < -0.3 is 10.5 Å². The number of thiocarbonyl (C=S) groups is 1. The SMILES string of the molecule is COC(=O)NS(=O)(=O)NCC(C)C(N)=S. The number of nitrogens with two attached hydrogens (primary N) is 1. The third-order valence-corrected chi connectivity index (χ3v) is 2.85. The number of amides is 1. The fourth-order valence-electron chi connectivity index (χ4n) is 0.523. The molecule has 0 aliphatic heterocycles.